The van der Waals surface area contributed by atoms with Crippen molar-refractivity contribution in [3.8, 4) is 5.75 Å². The van der Waals surface area contributed by atoms with Crippen LogP contribution in [0.3, 0.4) is 0 Å². The lowest BCUT2D eigenvalue weighted by Crippen LogP contribution is -2.21. The van der Waals surface area contributed by atoms with Gasteiger partial charge in [-0.3, -0.25) is 0 Å². The molecule has 0 amide bonds. The Labute approximate surface area is 123 Å². The van der Waals surface area contributed by atoms with Gasteiger partial charge in [0, 0.05) is 25.7 Å². The third kappa shape index (κ3) is 6.40. The van der Waals surface area contributed by atoms with E-state index >= 15 is 0 Å². The molecule has 0 bridgehead atoms. The van der Waals surface area contributed by atoms with Gasteiger partial charge < -0.3 is 14.8 Å². The molecule has 1 rings (SSSR count). The van der Waals surface area contributed by atoms with E-state index in [9.17, 15) is 0 Å². The lowest BCUT2D eigenvalue weighted by Gasteiger charge is -2.17. The van der Waals surface area contributed by atoms with Crippen molar-refractivity contribution in [3.63, 3.8) is 0 Å². The van der Waals surface area contributed by atoms with Gasteiger partial charge in [0.05, 0.1) is 6.61 Å². The van der Waals surface area contributed by atoms with Gasteiger partial charge in [0.15, 0.2) is 0 Å². The molecular formula is C17H29NO2. The maximum Gasteiger partial charge on any atom is 0.119 e. The Bertz CT molecular complexity index is 337. The van der Waals surface area contributed by atoms with Crippen molar-refractivity contribution in [2.24, 2.45) is 0 Å². The molecule has 20 heavy (non-hydrogen) atoms. The quantitative estimate of drug-likeness (QED) is 0.622. The summed E-state index contributed by atoms with van der Waals surface area (Å²) in [6.07, 6.45) is 3.21. The molecule has 1 unspecified atom stereocenters. The highest BCUT2D eigenvalue weighted by atomic mass is 16.5. The Hall–Kier alpha value is -1.06. The topological polar surface area (TPSA) is 30.5 Å². The molecule has 1 N–H and O–H groups in total. The van der Waals surface area contributed by atoms with E-state index in [0.717, 1.165) is 44.8 Å². The summed E-state index contributed by atoms with van der Waals surface area (Å²) in [5, 5.41) is 3.56. The van der Waals surface area contributed by atoms with Crippen molar-refractivity contribution in [3.05, 3.63) is 29.8 Å². The zero-order valence-corrected chi connectivity index (χ0v) is 13.2. The third-order valence-corrected chi connectivity index (χ3v) is 3.24. The number of benzene rings is 1. The largest absolute Gasteiger partial charge is 0.494 e. The second-order valence-corrected chi connectivity index (χ2v) is 4.88. The van der Waals surface area contributed by atoms with Gasteiger partial charge in [-0.1, -0.05) is 26.0 Å². The third-order valence-electron chi connectivity index (χ3n) is 3.24. The first-order chi connectivity index (χ1) is 9.81. The van der Waals surface area contributed by atoms with Crippen molar-refractivity contribution in [2.45, 2.75) is 46.1 Å². The van der Waals surface area contributed by atoms with Gasteiger partial charge in [-0.05, 0) is 44.0 Å². The molecule has 0 fully saturated rings. The van der Waals surface area contributed by atoms with E-state index in [1.54, 1.807) is 0 Å². The summed E-state index contributed by atoms with van der Waals surface area (Å²) < 4.78 is 11.0. The van der Waals surface area contributed by atoms with Crippen LogP contribution in [0, 0.1) is 0 Å². The van der Waals surface area contributed by atoms with Gasteiger partial charge >= 0.3 is 0 Å². The molecule has 1 aromatic carbocycles. The Morgan fingerprint density at radius 2 is 1.80 bits per heavy atom. The molecular weight excluding hydrogens is 250 g/mol. The van der Waals surface area contributed by atoms with Crippen molar-refractivity contribution >= 4 is 0 Å². The fraction of sp³-hybridized carbons (Fsp3) is 0.647. The van der Waals surface area contributed by atoms with E-state index in [1.807, 2.05) is 6.92 Å². The average molecular weight is 279 g/mol. The van der Waals surface area contributed by atoms with Gasteiger partial charge in [0.2, 0.25) is 0 Å². The first-order valence-corrected chi connectivity index (χ1v) is 7.85. The highest BCUT2D eigenvalue weighted by Gasteiger charge is 2.07. The van der Waals surface area contributed by atoms with Crippen LogP contribution in [0.25, 0.3) is 0 Å². The summed E-state index contributed by atoms with van der Waals surface area (Å²) >= 11 is 0. The van der Waals surface area contributed by atoms with E-state index in [0.29, 0.717) is 12.6 Å². The van der Waals surface area contributed by atoms with Gasteiger partial charge in [0.1, 0.15) is 5.75 Å². The minimum atomic E-state index is 0.446. The Morgan fingerprint density at radius 1 is 1.05 bits per heavy atom. The van der Waals surface area contributed by atoms with Crippen LogP contribution in [-0.4, -0.2) is 26.4 Å². The Kier molecular flexibility index (Phi) is 9.09. The molecule has 0 aromatic heterocycles. The van der Waals surface area contributed by atoms with Crippen LogP contribution in [-0.2, 0) is 4.74 Å². The monoisotopic (exact) mass is 279 g/mol. The second kappa shape index (κ2) is 10.7. The maximum atomic E-state index is 5.70. The predicted molar refractivity (Wildman–Crippen MR) is 84.4 cm³/mol. The van der Waals surface area contributed by atoms with Crippen LogP contribution in [0.15, 0.2) is 24.3 Å². The lowest BCUT2D eigenvalue weighted by molar-refractivity contribution is 0.131. The number of hydrogen-bond donors (Lipinski definition) is 1. The highest BCUT2D eigenvalue weighted by Crippen LogP contribution is 2.20. The maximum absolute atomic E-state index is 5.70. The minimum absolute atomic E-state index is 0.446. The summed E-state index contributed by atoms with van der Waals surface area (Å²) in [5.74, 6) is 0.940. The number of ether oxygens (including phenoxy) is 2. The van der Waals surface area contributed by atoms with Gasteiger partial charge in [-0.2, -0.15) is 0 Å². The summed E-state index contributed by atoms with van der Waals surface area (Å²) in [5.41, 5.74) is 1.34. The highest BCUT2D eigenvalue weighted by molar-refractivity contribution is 5.29. The predicted octanol–water partition coefficient (Wildman–Crippen LogP) is 3.94. The van der Waals surface area contributed by atoms with Crippen molar-refractivity contribution in [2.75, 3.05) is 26.4 Å². The van der Waals surface area contributed by atoms with Crippen LogP contribution < -0.4 is 10.1 Å². The SMILES string of the molecule is CCCNC(CC)c1ccc(OCCCOCC)cc1. The second-order valence-electron chi connectivity index (χ2n) is 4.88. The average Bonchev–Trinajstić information content (AvgIpc) is 2.49. The van der Waals surface area contributed by atoms with Gasteiger partial charge in [-0.25, -0.2) is 0 Å². The van der Waals surface area contributed by atoms with Crippen LogP contribution in [0.1, 0.15) is 51.6 Å². The summed E-state index contributed by atoms with van der Waals surface area (Å²) in [7, 11) is 0. The molecule has 0 heterocycles. The van der Waals surface area contributed by atoms with Crippen molar-refractivity contribution < 1.29 is 9.47 Å². The number of rotatable bonds is 11. The molecule has 0 saturated carbocycles. The molecule has 3 nitrogen and oxygen atoms in total. The molecule has 0 radical (unpaired) electrons. The van der Waals surface area contributed by atoms with Gasteiger partial charge in [-0.15, -0.1) is 0 Å². The summed E-state index contributed by atoms with van der Waals surface area (Å²) in [4.78, 5) is 0. The van der Waals surface area contributed by atoms with Gasteiger partial charge in [0.25, 0.3) is 0 Å². The Balaban J connectivity index is 2.38. The summed E-state index contributed by atoms with van der Waals surface area (Å²) in [6, 6.07) is 8.89. The molecule has 0 saturated heterocycles. The normalized spacial score (nSPS) is 12.3. The first-order valence-electron chi connectivity index (χ1n) is 7.85. The number of nitrogens with one attached hydrogen (secondary N) is 1. The molecule has 0 aliphatic heterocycles. The van der Waals surface area contributed by atoms with Crippen molar-refractivity contribution in [1.82, 2.24) is 5.32 Å². The molecule has 1 aromatic rings. The molecule has 0 aliphatic carbocycles. The molecule has 0 aliphatic rings. The van der Waals surface area contributed by atoms with E-state index in [2.05, 4.69) is 43.4 Å². The van der Waals surface area contributed by atoms with E-state index in [4.69, 9.17) is 9.47 Å². The fourth-order valence-electron chi connectivity index (χ4n) is 2.11. The van der Waals surface area contributed by atoms with Crippen LogP contribution >= 0.6 is 0 Å². The minimum Gasteiger partial charge on any atom is -0.494 e. The zero-order chi connectivity index (χ0) is 14.6. The smallest absolute Gasteiger partial charge is 0.119 e. The molecule has 1 atom stereocenters. The molecule has 0 spiro atoms. The van der Waals surface area contributed by atoms with E-state index in [-0.39, 0.29) is 0 Å². The van der Waals surface area contributed by atoms with E-state index in [1.165, 1.54) is 5.56 Å². The number of hydrogen-bond acceptors (Lipinski definition) is 3. The zero-order valence-electron chi connectivity index (χ0n) is 13.2. The fourth-order valence-corrected chi connectivity index (χ4v) is 2.11. The Morgan fingerprint density at radius 3 is 2.40 bits per heavy atom. The first kappa shape index (κ1) is 17.0. The molecule has 114 valence electrons. The summed E-state index contributed by atoms with van der Waals surface area (Å²) in [6.45, 7) is 9.74. The standard InChI is InChI=1S/C17H29NO2/c1-4-12-18-17(5-2)15-8-10-16(11-9-15)20-14-7-13-19-6-3/h8-11,17-18H,4-7,12-14H2,1-3H3. The lowest BCUT2D eigenvalue weighted by atomic mass is 10.0. The van der Waals surface area contributed by atoms with Crippen molar-refractivity contribution in [1.29, 1.82) is 0 Å². The van der Waals surface area contributed by atoms with Crippen LogP contribution in [0.5, 0.6) is 5.75 Å². The van der Waals surface area contributed by atoms with Crippen LogP contribution in [0.4, 0.5) is 0 Å². The van der Waals surface area contributed by atoms with E-state index < -0.39 is 0 Å². The van der Waals surface area contributed by atoms with Crippen LogP contribution in [0.2, 0.25) is 0 Å². The molecule has 3 heteroatoms.